The number of aryl methyl sites for hydroxylation is 2. The summed E-state index contributed by atoms with van der Waals surface area (Å²) >= 11 is 0. The molecule has 0 saturated carbocycles. The third-order valence-electron chi connectivity index (χ3n) is 5.04. The van der Waals surface area contributed by atoms with Crippen LogP contribution in [0.15, 0.2) is 48.8 Å². The van der Waals surface area contributed by atoms with Gasteiger partial charge >= 0.3 is 0 Å². The molecule has 9 heteroatoms. The van der Waals surface area contributed by atoms with Crippen LogP contribution in [0.1, 0.15) is 17.0 Å². The Bertz CT molecular complexity index is 1240. The SMILES string of the molecule is COc1ccc(Nc2nccc(Nc3c(C)c(C)nn3-c3ccc(C)nc3)n2)cc1OC. The maximum absolute atomic E-state index is 5.36. The Balaban J connectivity index is 1.61. The minimum Gasteiger partial charge on any atom is -0.493 e. The lowest BCUT2D eigenvalue weighted by molar-refractivity contribution is 0.355. The molecule has 0 aliphatic carbocycles. The van der Waals surface area contributed by atoms with Gasteiger partial charge in [0.05, 0.1) is 31.8 Å². The number of pyridine rings is 1. The Labute approximate surface area is 186 Å². The lowest BCUT2D eigenvalue weighted by Crippen LogP contribution is -2.06. The van der Waals surface area contributed by atoms with Gasteiger partial charge in [0.2, 0.25) is 5.95 Å². The number of ether oxygens (including phenoxy) is 2. The lowest BCUT2D eigenvalue weighted by Gasteiger charge is -2.12. The molecule has 0 spiro atoms. The molecule has 0 unspecified atom stereocenters. The van der Waals surface area contributed by atoms with E-state index in [2.05, 4.69) is 30.7 Å². The monoisotopic (exact) mass is 431 g/mol. The molecule has 0 bridgehead atoms. The zero-order valence-corrected chi connectivity index (χ0v) is 18.7. The number of anilines is 4. The third kappa shape index (κ3) is 4.31. The Morgan fingerprint density at radius 3 is 2.41 bits per heavy atom. The van der Waals surface area contributed by atoms with Gasteiger partial charge in [-0.3, -0.25) is 4.98 Å². The van der Waals surface area contributed by atoms with Crippen molar-refractivity contribution >= 4 is 23.3 Å². The number of nitrogens with one attached hydrogen (secondary N) is 2. The van der Waals surface area contributed by atoms with Crippen molar-refractivity contribution in [1.82, 2.24) is 24.7 Å². The molecule has 0 atom stereocenters. The third-order valence-corrected chi connectivity index (χ3v) is 5.04. The second kappa shape index (κ2) is 8.93. The molecule has 0 radical (unpaired) electrons. The van der Waals surface area contributed by atoms with Crippen molar-refractivity contribution in [2.24, 2.45) is 0 Å². The summed E-state index contributed by atoms with van der Waals surface area (Å²) in [5.41, 5.74) is 4.55. The molecule has 3 aromatic heterocycles. The highest BCUT2D eigenvalue weighted by atomic mass is 16.5. The fraction of sp³-hybridized carbons (Fsp3) is 0.217. The highest BCUT2D eigenvalue weighted by Gasteiger charge is 2.15. The van der Waals surface area contributed by atoms with Gasteiger partial charge < -0.3 is 20.1 Å². The number of hydrogen-bond acceptors (Lipinski definition) is 8. The fourth-order valence-electron chi connectivity index (χ4n) is 3.18. The molecule has 3 heterocycles. The zero-order valence-electron chi connectivity index (χ0n) is 18.7. The first kappa shape index (κ1) is 21.1. The van der Waals surface area contributed by atoms with Crippen LogP contribution in [0, 0.1) is 20.8 Å². The topological polar surface area (TPSA) is 99.0 Å². The number of benzene rings is 1. The molecular weight excluding hydrogens is 406 g/mol. The van der Waals surface area contributed by atoms with E-state index in [0.717, 1.165) is 34.1 Å². The molecule has 164 valence electrons. The molecule has 4 rings (SSSR count). The normalized spacial score (nSPS) is 10.7. The van der Waals surface area contributed by atoms with E-state index >= 15 is 0 Å². The second-order valence-corrected chi connectivity index (χ2v) is 7.21. The van der Waals surface area contributed by atoms with Crippen molar-refractivity contribution in [2.75, 3.05) is 24.9 Å². The van der Waals surface area contributed by atoms with E-state index in [-0.39, 0.29) is 0 Å². The van der Waals surface area contributed by atoms with E-state index in [0.29, 0.717) is 23.3 Å². The number of hydrogen-bond donors (Lipinski definition) is 2. The van der Waals surface area contributed by atoms with E-state index in [1.54, 1.807) is 32.7 Å². The van der Waals surface area contributed by atoms with E-state index in [9.17, 15) is 0 Å². The van der Waals surface area contributed by atoms with Crippen LogP contribution in [0.3, 0.4) is 0 Å². The number of aromatic nitrogens is 5. The summed E-state index contributed by atoms with van der Waals surface area (Å²) in [4.78, 5) is 13.3. The van der Waals surface area contributed by atoms with Gasteiger partial charge in [-0.2, -0.15) is 10.1 Å². The molecule has 32 heavy (non-hydrogen) atoms. The van der Waals surface area contributed by atoms with Crippen LogP contribution in [0.4, 0.5) is 23.3 Å². The molecule has 0 saturated heterocycles. The predicted octanol–water partition coefficient (Wildman–Crippen LogP) is 4.49. The minimum atomic E-state index is 0.444. The molecule has 2 N–H and O–H groups in total. The Kier molecular flexibility index (Phi) is 5.89. The smallest absolute Gasteiger partial charge is 0.229 e. The van der Waals surface area contributed by atoms with E-state index in [1.807, 2.05) is 55.8 Å². The minimum absolute atomic E-state index is 0.444. The first-order valence-corrected chi connectivity index (χ1v) is 10.1. The molecule has 0 amide bonds. The summed E-state index contributed by atoms with van der Waals surface area (Å²) in [5, 5.41) is 11.2. The number of nitrogens with zero attached hydrogens (tertiary/aromatic N) is 5. The average molecular weight is 432 g/mol. The van der Waals surface area contributed by atoms with Gasteiger partial charge in [-0.25, -0.2) is 9.67 Å². The van der Waals surface area contributed by atoms with Crippen LogP contribution in [-0.4, -0.2) is 39.0 Å². The Hall–Kier alpha value is -4.14. The van der Waals surface area contributed by atoms with Crippen LogP contribution in [0.25, 0.3) is 5.69 Å². The molecule has 0 aliphatic rings. The van der Waals surface area contributed by atoms with Crippen molar-refractivity contribution in [3.05, 3.63) is 65.7 Å². The molecule has 9 nitrogen and oxygen atoms in total. The van der Waals surface area contributed by atoms with Crippen molar-refractivity contribution in [1.29, 1.82) is 0 Å². The summed E-state index contributed by atoms with van der Waals surface area (Å²) < 4.78 is 12.5. The standard InChI is InChI=1S/C23H25N7O2/c1-14-6-8-18(13-25-14)30-22(15(2)16(3)29-30)27-21-10-11-24-23(28-21)26-17-7-9-19(31-4)20(12-17)32-5/h6-13H,1-5H3,(H2,24,26,27,28). The van der Waals surface area contributed by atoms with Gasteiger partial charge in [0.15, 0.2) is 11.5 Å². The van der Waals surface area contributed by atoms with Crippen LogP contribution in [0.2, 0.25) is 0 Å². The highest BCUT2D eigenvalue weighted by molar-refractivity contribution is 5.63. The Morgan fingerprint density at radius 1 is 0.875 bits per heavy atom. The molecule has 0 aliphatic heterocycles. The van der Waals surface area contributed by atoms with Crippen LogP contribution in [-0.2, 0) is 0 Å². The van der Waals surface area contributed by atoms with Gasteiger partial charge in [-0.05, 0) is 51.1 Å². The maximum atomic E-state index is 5.36. The lowest BCUT2D eigenvalue weighted by atomic mass is 10.2. The molecular formula is C23H25N7O2. The highest BCUT2D eigenvalue weighted by Crippen LogP contribution is 2.31. The summed E-state index contributed by atoms with van der Waals surface area (Å²) in [6.45, 7) is 5.95. The van der Waals surface area contributed by atoms with Gasteiger partial charge in [0.1, 0.15) is 11.6 Å². The van der Waals surface area contributed by atoms with Crippen molar-refractivity contribution in [2.45, 2.75) is 20.8 Å². The van der Waals surface area contributed by atoms with Gasteiger partial charge in [0, 0.05) is 29.2 Å². The van der Waals surface area contributed by atoms with E-state index in [1.165, 1.54) is 0 Å². The molecule has 1 aromatic carbocycles. The van der Waals surface area contributed by atoms with Gasteiger partial charge in [-0.15, -0.1) is 0 Å². The van der Waals surface area contributed by atoms with Crippen LogP contribution >= 0.6 is 0 Å². The summed E-state index contributed by atoms with van der Waals surface area (Å²) in [5.74, 6) is 3.17. The zero-order chi connectivity index (χ0) is 22.7. The number of methoxy groups -OCH3 is 2. The maximum Gasteiger partial charge on any atom is 0.229 e. The quantitative estimate of drug-likeness (QED) is 0.442. The molecule has 0 fully saturated rings. The van der Waals surface area contributed by atoms with Crippen molar-refractivity contribution < 1.29 is 9.47 Å². The predicted molar refractivity (Wildman–Crippen MR) is 124 cm³/mol. The second-order valence-electron chi connectivity index (χ2n) is 7.21. The average Bonchev–Trinajstić information content (AvgIpc) is 3.08. The van der Waals surface area contributed by atoms with E-state index < -0.39 is 0 Å². The van der Waals surface area contributed by atoms with Gasteiger partial charge in [-0.1, -0.05) is 0 Å². The summed E-state index contributed by atoms with van der Waals surface area (Å²) in [6, 6.07) is 11.3. The number of rotatable bonds is 7. The molecule has 4 aromatic rings. The first-order valence-electron chi connectivity index (χ1n) is 10.1. The first-order chi connectivity index (χ1) is 15.5. The van der Waals surface area contributed by atoms with Crippen LogP contribution < -0.4 is 20.1 Å². The Morgan fingerprint density at radius 2 is 1.69 bits per heavy atom. The summed E-state index contributed by atoms with van der Waals surface area (Å²) in [6.07, 6.45) is 3.49. The largest absolute Gasteiger partial charge is 0.493 e. The van der Waals surface area contributed by atoms with E-state index in [4.69, 9.17) is 9.47 Å². The van der Waals surface area contributed by atoms with Gasteiger partial charge in [0.25, 0.3) is 0 Å². The van der Waals surface area contributed by atoms with Crippen molar-refractivity contribution in [3.63, 3.8) is 0 Å². The fourth-order valence-corrected chi connectivity index (χ4v) is 3.18. The summed E-state index contributed by atoms with van der Waals surface area (Å²) in [7, 11) is 3.20. The van der Waals surface area contributed by atoms with Crippen molar-refractivity contribution in [3.8, 4) is 17.2 Å². The van der Waals surface area contributed by atoms with Crippen LogP contribution in [0.5, 0.6) is 11.5 Å².